The van der Waals surface area contributed by atoms with Crippen LogP contribution in [-0.2, 0) is 14.8 Å². The highest BCUT2D eigenvalue weighted by Crippen LogP contribution is 2.23. The van der Waals surface area contributed by atoms with Gasteiger partial charge in [0.2, 0.25) is 10.0 Å². The van der Waals surface area contributed by atoms with E-state index in [1.165, 1.54) is 12.1 Å². The van der Waals surface area contributed by atoms with Gasteiger partial charge in [-0.3, -0.25) is 0 Å². The minimum Gasteiger partial charge on any atom is -0.478 e. The first kappa shape index (κ1) is 17.7. The van der Waals surface area contributed by atoms with E-state index < -0.39 is 16.0 Å². The molecule has 128 valence electrons. The van der Waals surface area contributed by atoms with Gasteiger partial charge in [-0.2, -0.15) is 0 Å². The topological polar surface area (TPSA) is 125 Å². The van der Waals surface area contributed by atoms with Crippen molar-refractivity contribution >= 4 is 21.7 Å². The maximum absolute atomic E-state index is 12.5. The van der Waals surface area contributed by atoms with E-state index in [9.17, 15) is 13.2 Å². The molecular weight excluding hydrogens is 324 g/mol. The lowest BCUT2D eigenvalue weighted by molar-refractivity contribution is 0.0696. The highest BCUT2D eigenvalue weighted by atomic mass is 32.2. The smallest absolute Gasteiger partial charge is 0.335 e. The molecule has 1 heterocycles. The Hall–Kier alpha value is -1.68. The van der Waals surface area contributed by atoms with E-state index in [-0.39, 0.29) is 41.9 Å². The zero-order valence-electron chi connectivity index (χ0n) is 12.5. The number of sulfonamides is 1. The van der Waals surface area contributed by atoms with E-state index in [1.54, 1.807) is 0 Å². The maximum atomic E-state index is 12.5. The molecular formula is C14H20N2O6S. The Bertz CT molecular complexity index is 655. The van der Waals surface area contributed by atoms with Crippen molar-refractivity contribution in [1.29, 1.82) is 0 Å². The molecule has 1 aromatic rings. The molecule has 1 aliphatic heterocycles. The lowest BCUT2D eigenvalue weighted by Crippen LogP contribution is -2.32. The van der Waals surface area contributed by atoms with Gasteiger partial charge < -0.3 is 20.3 Å². The number of carboxylic acids is 1. The van der Waals surface area contributed by atoms with E-state index in [2.05, 4.69) is 10.0 Å². The molecule has 1 atom stereocenters. The van der Waals surface area contributed by atoms with Crippen molar-refractivity contribution < 1.29 is 28.2 Å². The fraction of sp³-hybridized carbons (Fsp3) is 0.500. The second-order valence-corrected chi connectivity index (χ2v) is 6.89. The Morgan fingerprint density at radius 2 is 2.17 bits per heavy atom. The minimum absolute atomic E-state index is 0.128. The Morgan fingerprint density at radius 1 is 1.39 bits per heavy atom. The zero-order chi connectivity index (χ0) is 16.9. The lowest BCUT2D eigenvalue weighted by Gasteiger charge is -2.15. The molecule has 4 N–H and O–H groups in total. The Kier molecular flexibility index (Phi) is 5.94. The summed E-state index contributed by atoms with van der Waals surface area (Å²) in [5.74, 6) is -1.21. The number of hydrogen-bond acceptors (Lipinski definition) is 6. The number of rotatable bonds is 8. The molecule has 0 bridgehead atoms. The van der Waals surface area contributed by atoms with Gasteiger partial charge in [0, 0.05) is 19.7 Å². The predicted octanol–water partition coefficient (Wildman–Crippen LogP) is 0.246. The number of aliphatic hydroxyl groups excluding tert-OH is 1. The quantitative estimate of drug-likeness (QED) is 0.532. The predicted molar refractivity (Wildman–Crippen MR) is 83.1 cm³/mol. The monoisotopic (exact) mass is 344 g/mol. The first-order valence-electron chi connectivity index (χ1n) is 7.27. The van der Waals surface area contributed by atoms with Crippen LogP contribution in [0.15, 0.2) is 23.1 Å². The third kappa shape index (κ3) is 4.64. The molecule has 9 heteroatoms. The third-order valence-corrected chi connectivity index (χ3v) is 4.93. The van der Waals surface area contributed by atoms with Crippen LogP contribution in [0.2, 0.25) is 0 Å². The van der Waals surface area contributed by atoms with Crippen LogP contribution in [0.25, 0.3) is 0 Å². The molecule has 0 radical (unpaired) electrons. The van der Waals surface area contributed by atoms with Gasteiger partial charge in [0.1, 0.15) is 4.90 Å². The number of benzene rings is 1. The van der Waals surface area contributed by atoms with Crippen LogP contribution in [0.3, 0.4) is 0 Å². The van der Waals surface area contributed by atoms with Crippen molar-refractivity contribution in [3.63, 3.8) is 0 Å². The van der Waals surface area contributed by atoms with E-state index in [0.29, 0.717) is 6.61 Å². The molecule has 0 saturated carbocycles. The summed E-state index contributed by atoms with van der Waals surface area (Å²) in [4.78, 5) is 10.9. The molecule has 1 aliphatic rings. The highest BCUT2D eigenvalue weighted by Gasteiger charge is 2.23. The van der Waals surface area contributed by atoms with Gasteiger partial charge in [-0.15, -0.1) is 0 Å². The Morgan fingerprint density at radius 3 is 2.78 bits per heavy atom. The number of ether oxygens (including phenoxy) is 1. The molecule has 1 fully saturated rings. The van der Waals surface area contributed by atoms with Crippen molar-refractivity contribution in [2.45, 2.75) is 23.8 Å². The lowest BCUT2D eigenvalue weighted by atomic mass is 10.2. The molecule has 1 saturated heterocycles. The molecule has 0 aliphatic carbocycles. The summed E-state index contributed by atoms with van der Waals surface area (Å²) in [7, 11) is -3.90. The molecule has 0 aromatic heterocycles. The van der Waals surface area contributed by atoms with Gasteiger partial charge >= 0.3 is 5.97 Å². The van der Waals surface area contributed by atoms with E-state index >= 15 is 0 Å². The molecule has 0 unspecified atom stereocenters. The van der Waals surface area contributed by atoms with Crippen LogP contribution in [0.1, 0.15) is 23.2 Å². The maximum Gasteiger partial charge on any atom is 0.335 e. The summed E-state index contributed by atoms with van der Waals surface area (Å²) in [6.07, 6.45) is 1.51. The van der Waals surface area contributed by atoms with Gasteiger partial charge in [0.05, 0.1) is 24.0 Å². The normalized spacial score (nSPS) is 18.0. The number of nitrogens with one attached hydrogen (secondary N) is 2. The summed E-state index contributed by atoms with van der Waals surface area (Å²) in [6, 6.07) is 3.78. The van der Waals surface area contributed by atoms with Crippen molar-refractivity contribution in [3.05, 3.63) is 23.8 Å². The number of hydrogen-bond donors (Lipinski definition) is 4. The molecule has 23 heavy (non-hydrogen) atoms. The number of aliphatic hydroxyl groups is 1. The zero-order valence-corrected chi connectivity index (χ0v) is 13.3. The fourth-order valence-electron chi connectivity index (χ4n) is 2.30. The Labute approximate surface area is 134 Å². The van der Waals surface area contributed by atoms with Gasteiger partial charge in [-0.1, -0.05) is 0 Å². The fourth-order valence-corrected chi connectivity index (χ4v) is 3.57. The Balaban J connectivity index is 2.24. The van der Waals surface area contributed by atoms with Crippen molar-refractivity contribution in [3.8, 4) is 0 Å². The summed E-state index contributed by atoms with van der Waals surface area (Å²) in [5, 5.41) is 20.7. The SMILES string of the molecule is O=C(O)c1ccc(NCCO)c(S(=O)(=O)NC[C@@H]2CCCO2)c1. The van der Waals surface area contributed by atoms with Crippen LogP contribution in [0, 0.1) is 0 Å². The second kappa shape index (κ2) is 7.73. The van der Waals surface area contributed by atoms with Gasteiger partial charge in [-0.05, 0) is 31.0 Å². The van der Waals surface area contributed by atoms with E-state index in [4.69, 9.17) is 14.9 Å². The second-order valence-electron chi connectivity index (χ2n) is 5.15. The van der Waals surface area contributed by atoms with Gasteiger partial charge in [0.15, 0.2) is 0 Å². The van der Waals surface area contributed by atoms with E-state index in [1.807, 2.05) is 0 Å². The highest BCUT2D eigenvalue weighted by molar-refractivity contribution is 7.89. The van der Waals surface area contributed by atoms with Crippen LogP contribution >= 0.6 is 0 Å². The first-order chi connectivity index (χ1) is 10.9. The summed E-state index contributed by atoms with van der Waals surface area (Å²) in [5.41, 5.74) is 0.112. The molecule has 0 spiro atoms. The molecule has 8 nitrogen and oxygen atoms in total. The molecule has 1 aromatic carbocycles. The first-order valence-corrected chi connectivity index (χ1v) is 8.75. The largest absolute Gasteiger partial charge is 0.478 e. The summed E-state index contributed by atoms with van der Waals surface area (Å²) in [6.45, 7) is 0.730. The van der Waals surface area contributed by atoms with Crippen molar-refractivity contribution in [2.24, 2.45) is 0 Å². The number of carboxylic acid groups (broad SMARTS) is 1. The van der Waals surface area contributed by atoms with Crippen LogP contribution < -0.4 is 10.0 Å². The minimum atomic E-state index is -3.90. The average molecular weight is 344 g/mol. The van der Waals surface area contributed by atoms with Gasteiger partial charge in [-0.25, -0.2) is 17.9 Å². The number of aromatic carboxylic acids is 1. The summed E-state index contributed by atoms with van der Waals surface area (Å²) >= 11 is 0. The van der Waals surface area contributed by atoms with Crippen LogP contribution in [0.4, 0.5) is 5.69 Å². The van der Waals surface area contributed by atoms with E-state index in [0.717, 1.165) is 18.9 Å². The molecule has 2 rings (SSSR count). The van der Waals surface area contributed by atoms with Crippen molar-refractivity contribution in [2.75, 3.05) is 31.6 Å². The van der Waals surface area contributed by atoms with Crippen LogP contribution in [-0.4, -0.2) is 57.0 Å². The standard InChI is InChI=1S/C14H20N2O6S/c17-6-5-15-12-4-3-10(14(18)19)8-13(12)23(20,21)16-9-11-2-1-7-22-11/h3-4,8,11,15-17H,1-2,5-7,9H2,(H,18,19)/t11-/m0/s1. The van der Waals surface area contributed by atoms with Crippen LogP contribution in [0.5, 0.6) is 0 Å². The van der Waals surface area contributed by atoms with Gasteiger partial charge in [0.25, 0.3) is 0 Å². The average Bonchev–Trinajstić information content (AvgIpc) is 3.04. The third-order valence-electron chi connectivity index (χ3n) is 3.47. The van der Waals surface area contributed by atoms with Crippen molar-refractivity contribution in [1.82, 2.24) is 4.72 Å². The number of anilines is 1. The number of carbonyl (C=O) groups is 1. The summed E-state index contributed by atoms with van der Waals surface area (Å²) < 4.78 is 32.8. The molecule has 0 amide bonds.